The van der Waals surface area contributed by atoms with E-state index >= 15 is 0 Å². The van der Waals surface area contributed by atoms with Crippen LogP contribution in [0.2, 0.25) is 0 Å². The van der Waals surface area contributed by atoms with E-state index in [4.69, 9.17) is 4.42 Å². The normalized spacial score (nSPS) is 24.1. The highest BCUT2D eigenvalue weighted by Crippen LogP contribution is 2.22. The summed E-state index contributed by atoms with van der Waals surface area (Å²) in [5.74, 6) is 1.12. The molecule has 3 heterocycles. The van der Waals surface area contributed by atoms with Crippen LogP contribution in [0, 0.1) is 0 Å². The zero-order valence-corrected chi connectivity index (χ0v) is 13.3. The monoisotopic (exact) mass is 291 g/mol. The highest BCUT2D eigenvalue weighted by Gasteiger charge is 2.29. The number of nitrogens with zero attached hydrogens (tertiary/aromatic N) is 2. The Morgan fingerprint density at radius 2 is 2.14 bits per heavy atom. The predicted octanol–water partition coefficient (Wildman–Crippen LogP) is 2.45. The molecule has 3 rings (SSSR count). The van der Waals surface area contributed by atoms with Gasteiger partial charge in [-0.15, -0.1) is 0 Å². The van der Waals surface area contributed by atoms with Crippen molar-refractivity contribution in [2.45, 2.75) is 51.7 Å². The first-order valence-corrected chi connectivity index (χ1v) is 8.58. The number of hydrogen-bond acceptors (Lipinski definition) is 4. The average molecular weight is 291 g/mol. The lowest BCUT2D eigenvalue weighted by atomic mass is 10.2. The van der Waals surface area contributed by atoms with Gasteiger partial charge in [-0.25, -0.2) is 0 Å². The molecule has 1 atom stereocenters. The lowest BCUT2D eigenvalue weighted by molar-refractivity contribution is 0.223. The van der Waals surface area contributed by atoms with Crippen LogP contribution >= 0.6 is 0 Å². The van der Waals surface area contributed by atoms with E-state index in [1.807, 2.05) is 6.26 Å². The third kappa shape index (κ3) is 4.09. The summed E-state index contributed by atoms with van der Waals surface area (Å²) in [6.07, 6.45) is 7.19. The molecule has 21 heavy (non-hydrogen) atoms. The van der Waals surface area contributed by atoms with Gasteiger partial charge in [0.15, 0.2) is 0 Å². The van der Waals surface area contributed by atoms with E-state index in [0.29, 0.717) is 0 Å². The van der Waals surface area contributed by atoms with Gasteiger partial charge in [-0.05, 0) is 51.4 Å². The van der Waals surface area contributed by atoms with Crippen LogP contribution in [0.3, 0.4) is 0 Å². The lowest BCUT2D eigenvalue weighted by Crippen LogP contribution is -2.35. The predicted molar refractivity (Wildman–Crippen MR) is 85.2 cm³/mol. The molecule has 0 spiro atoms. The Labute approximate surface area is 128 Å². The van der Waals surface area contributed by atoms with Gasteiger partial charge in [-0.3, -0.25) is 9.80 Å². The van der Waals surface area contributed by atoms with Crippen molar-refractivity contribution in [3.63, 3.8) is 0 Å². The molecule has 0 aliphatic carbocycles. The summed E-state index contributed by atoms with van der Waals surface area (Å²) in [5, 5.41) is 3.42. The summed E-state index contributed by atoms with van der Waals surface area (Å²) < 4.78 is 5.72. The maximum absolute atomic E-state index is 5.72. The van der Waals surface area contributed by atoms with Crippen LogP contribution < -0.4 is 5.32 Å². The van der Waals surface area contributed by atoms with Crippen LogP contribution in [-0.2, 0) is 13.1 Å². The summed E-state index contributed by atoms with van der Waals surface area (Å²) in [7, 11) is 0. The summed E-state index contributed by atoms with van der Waals surface area (Å²) in [5.41, 5.74) is 1.27. The first kappa shape index (κ1) is 15.1. The zero-order chi connectivity index (χ0) is 14.5. The molecular weight excluding hydrogens is 262 g/mol. The molecule has 0 saturated carbocycles. The van der Waals surface area contributed by atoms with Crippen molar-refractivity contribution in [3.8, 4) is 0 Å². The standard InChI is InChI=1S/C17H29N3O/c1-2-6-18-11-15-10-17(21-14-15)13-19-9-5-16(12-19)20-7-3-4-8-20/h10,14,16,18H,2-9,11-13H2,1H3. The Morgan fingerprint density at radius 3 is 2.95 bits per heavy atom. The van der Waals surface area contributed by atoms with Gasteiger partial charge in [0.25, 0.3) is 0 Å². The van der Waals surface area contributed by atoms with Gasteiger partial charge in [-0.2, -0.15) is 0 Å². The average Bonchev–Trinajstić information content (AvgIpc) is 3.20. The van der Waals surface area contributed by atoms with E-state index in [2.05, 4.69) is 28.1 Å². The lowest BCUT2D eigenvalue weighted by Gasteiger charge is -2.23. The third-order valence-corrected chi connectivity index (χ3v) is 4.75. The van der Waals surface area contributed by atoms with Crippen LogP contribution in [0.4, 0.5) is 0 Å². The maximum Gasteiger partial charge on any atom is 0.118 e. The van der Waals surface area contributed by atoms with E-state index in [9.17, 15) is 0 Å². The molecule has 0 aromatic carbocycles. The number of hydrogen-bond donors (Lipinski definition) is 1. The number of nitrogens with one attached hydrogen (secondary N) is 1. The first-order valence-electron chi connectivity index (χ1n) is 8.58. The van der Waals surface area contributed by atoms with Crippen molar-refractivity contribution < 1.29 is 4.42 Å². The van der Waals surface area contributed by atoms with Crippen LogP contribution in [0.5, 0.6) is 0 Å². The molecule has 2 fully saturated rings. The fourth-order valence-corrected chi connectivity index (χ4v) is 3.59. The van der Waals surface area contributed by atoms with E-state index < -0.39 is 0 Å². The molecule has 4 nitrogen and oxygen atoms in total. The number of likely N-dealkylation sites (tertiary alicyclic amines) is 2. The Balaban J connectivity index is 1.44. The molecule has 2 saturated heterocycles. The molecule has 118 valence electrons. The molecular formula is C17H29N3O. The SMILES string of the molecule is CCCNCc1coc(CN2CCC(N3CCCC3)C2)c1. The largest absolute Gasteiger partial charge is 0.468 e. The van der Waals surface area contributed by atoms with Crippen LogP contribution in [0.25, 0.3) is 0 Å². The second-order valence-electron chi connectivity index (χ2n) is 6.52. The third-order valence-electron chi connectivity index (χ3n) is 4.75. The second-order valence-corrected chi connectivity index (χ2v) is 6.52. The highest BCUT2D eigenvalue weighted by atomic mass is 16.3. The molecule has 4 heteroatoms. The van der Waals surface area contributed by atoms with Gasteiger partial charge in [-0.1, -0.05) is 6.92 Å². The number of furan rings is 1. The van der Waals surface area contributed by atoms with Crippen LogP contribution in [0.15, 0.2) is 16.7 Å². The summed E-state index contributed by atoms with van der Waals surface area (Å²) >= 11 is 0. The molecule has 1 aromatic heterocycles. The highest BCUT2D eigenvalue weighted by molar-refractivity contribution is 5.12. The van der Waals surface area contributed by atoms with Crippen LogP contribution in [0.1, 0.15) is 43.9 Å². The topological polar surface area (TPSA) is 31.7 Å². The molecule has 1 N–H and O–H groups in total. The van der Waals surface area contributed by atoms with E-state index in [0.717, 1.165) is 31.4 Å². The van der Waals surface area contributed by atoms with Crippen molar-refractivity contribution >= 4 is 0 Å². The van der Waals surface area contributed by atoms with Gasteiger partial charge < -0.3 is 9.73 Å². The van der Waals surface area contributed by atoms with Gasteiger partial charge >= 0.3 is 0 Å². The molecule has 2 aliphatic heterocycles. The second kappa shape index (κ2) is 7.43. The quantitative estimate of drug-likeness (QED) is 0.782. The van der Waals surface area contributed by atoms with Crippen molar-refractivity contribution in [2.24, 2.45) is 0 Å². The zero-order valence-electron chi connectivity index (χ0n) is 13.3. The van der Waals surface area contributed by atoms with Crippen molar-refractivity contribution in [2.75, 3.05) is 32.7 Å². The summed E-state index contributed by atoms with van der Waals surface area (Å²) in [6, 6.07) is 3.00. The minimum atomic E-state index is 0.785. The van der Waals surface area contributed by atoms with Gasteiger partial charge in [0.2, 0.25) is 0 Å². The summed E-state index contributed by atoms with van der Waals surface area (Å²) in [4.78, 5) is 5.23. The van der Waals surface area contributed by atoms with Crippen LogP contribution in [-0.4, -0.2) is 48.6 Å². The molecule has 0 bridgehead atoms. The Kier molecular flexibility index (Phi) is 5.33. The summed E-state index contributed by atoms with van der Waals surface area (Å²) in [6.45, 7) is 10.2. The Morgan fingerprint density at radius 1 is 1.29 bits per heavy atom. The molecule has 2 aliphatic rings. The fourth-order valence-electron chi connectivity index (χ4n) is 3.59. The number of rotatable bonds is 7. The fraction of sp³-hybridized carbons (Fsp3) is 0.765. The minimum absolute atomic E-state index is 0.785. The van der Waals surface area contributed by atoms with Crippen molar-refractivity contribution in [1.29, 1.82) is 0 Å². The van der Waals surface area contributed by atoms with Gasteiger partial charge in [0.05, 0.1) is 12.8 Å². The van der Waals surface area contributed by atoms with E-state index in [-0.39, 0.29) is 0 Å². The van der Waals surface area contributed by atoms with E-state index in [1.54, 1.807) is 0 Å². The molecule has 1 unspecified atom stereocenters. The maximum atomic E-state index is 5.72. The first-order chi connectivity index (χ1) is 10.3. The Bertz CT molecular complexity index is 425. The van der Waals surface area contributed by atoms with Crippen molar-refractivity contribution in [3.05, 3.63) is 23.7 Å². The minimum Gasteiger partial charge on any atom is -0.468 e. The van der Waals surface area contributed by atoms with E-state index in [1.165, 1.54) is 57.4 Å². The smallest absolute Gasteiger partial charge is 0.118 e. The van der Waals surface area contributed by atoms with Crippen molar-refractivity contribution in [1.82, 2.24) is 15.1 Å². The molecule has 1 aromatic rings. The van der Waals surface area contributed by atoms with Gasteiger partial charge in [0.1, 0.15) is 5.76 Å². The molecule has 0 radical (unpaired) electrons. The Hall–Kier alpha value is -0.840. The van der Waals surface area contributed by atoms with Gasteiger partial charge in [0, 0.05) is 31.2 Å². The molecule has 0 amide bonds.